The Kier molecular flexibility index (Phi) is 4.34. The van der Waals surface area contributed by atoms with Crippen LogP contribution in [0.25, 0.3) is 5.69 Å². The van der Waals surface area contributed by atoms with Gasteiger partial charge in [0.1, 0.15) is 0 Å². The van der Waals surface area contributed by atoms with Crippen molar-refractivity contribution in [1.29, 1.82) is 0 Å². The standard InChI is InChI=1S/C20H26N4O/c1-14-15(2)24(13-21-14)19-5-3-17(4-6-19)22-20(25)16-9-11-23(12-10-16)18-7-8-18/h3-6,13,16,18H,7-12H2,1-2H3,(H,22,25). The van der Waals surface area contributed by atoms with Crippen LogP contribution in [0, 0.1) is 19.8 Å². The number of aryl methyl sites for hydroxylation is 1. The Balaban J connectivity index is 1.36. The van der Waals surface area contributed by atoms with Crippen LogP contribution in [-0.4, -0.2) is 39.5 Å². The SMILES string of the molecule is Cc1ncn(-c2ccc(NC(=O)C3CCN(C4CC4)CC3)cc2)c1C. The van der Waals surface area contributed by atoms with E-state index in [0.717, 1.165) is 54.7 Å². The van der Waals surface area contributed by atoms with E-state index >= 15 is 0 Å². The molecule has 0 unspecified atom stereocenters. The average Bonchev–Trinajstić information content (AvgIpc) is 3.43. The second-order valence-electron chi connectivity index (χ2n) is 7.36. The highest BCUT2D eigenvalue weighted by atomic mass is 16.1. The van der Waals surface area contributed by atoms with Gasteiger partial charge in [-0.05, 0) is 76.9 Å². The minimum absolute atomic E-state index is 0.146. The molecule has 25 heavy (non-hydrogen) atoms. The van der Waals surface area contributed by atoms with Gasteiger partial charge in [0.25, 0.3) is 0 Å². The fourth-order valence-electron chi connectivity index (χ4n) is 3.68. The molecular formula is C20H26N4O. The summed E-state index contributed by atoms with van der Waals surface area (Å²) < 4.78 is 2.06. The predicted octanol–water partition coefficient (Wildman–Crippen LogP) is 3.30. The second-order valence-corrected chi connectivity index (χ2v) is 7.36. The molecule has 1 saturated heterocycles. The van der Waals surface area contributed by atoms with Crippen LogP contribution in [0.15, 0.2) is 30.6 Å². The first kappa shape index (κ1) is 16.3. The second kappa shape index (κ2) is 6.64. The topological polar surface area (TPSA) is 50.2 Å². The van der Waals surface area contributed by atoms with Crippen LogP contribution in [0.4, 0.5) is 5.69 Å². The van der Waals surface area contributed by atoms with Crippen LogP contribution in [-0.2, 0) is 4.79 Å². The molecule has 2 aromatic rings. The van der Waals surface area contributed by atoms with E-state index in [1.807, 2.05) is 37.5 Å². The fourth-order valence-corrected chi connectivity index (χ4v) is 3.68. The summed E-state index contributed by atoms with van der Waals surface area (Å²) in [5.41, 5.74) is 4.11. The fraction of sp³-hybridized carbons (Fsp3) is 0.500. The molecular weight excluding hydrogens is 312 g/mol. The molecule has 5 nitrogen and oxygen atoms in total. The molecule has 1 aliphatic heterocycles. The van der Waals surface area contributed by atoms with E-state index < -0.39 is 0 Å². The summed E-state index contributed by atoms with van der Waals surface area (Å²) in [5.74, 6) is 0.311. The largest absolute Gasteiger partial charge is 0.326 e. The monoisotopic (exact) mass is 338 g/mol. The zero-order chi connectivity index (χ0) is 17.4. The lowest BCUT2D eigenvalue weighted by molar-refractivity contribution is -0.121. The van der Waals surface area contributed by atoms with E-state index in [0.29, 0.717) is 0 Å². The van der Waals surface area contributed by atoms with Gasteiger partial charge in [-0.25, -0.2) is 4.98 Å². The number of carbonyl (C=O) groups excluding carboxylic acids is 1. The summed E-state index contributed by atoms with van der Waals surface area (Å²) in [6.45, 7) is 6.21. The van der Waals surface area contributed by atoms with Gasteiger partial charge in [-0.2, -0.15) is 0 Å². The zero-order valence-corrected chi connectivity index (χ0v) is 15.0. The highest BCUT2D eigenvalue weighted by molar-refractivity contribution is 5.92. The molecule has 5 heteroatoms. The number of hydrogen-bond donors (Lipinski definition) is 1. The number of aromatic nitrogens is 2. The number of nitrogens with one attached hydrogen (secondary N) is 1. The van der Waals surface area contributed by atoms with Crippen molar-refractivity contribution in [3.8, 4) is 5.69 Å². The van der Waals surface area contributed by atoms with Gasteiger partial charge in [0, 0.05) is 29.0 Å². The highest BCUT2D eigenvalue weighted by Gasteiger charge is 2.33. The smallest absolute Gasteiger partial charge is 0.227 e. The molecule has 4 rings (SSSR count). The van der Waals surface area contributed by atoms with Crippen LogP contribution in [0.2, 0.25) is 0 Å². The number of hydrogen-bond acceptors (Lipinski definition) is 3. The van der Waals surface area contributed by atoms with Gasteiger partial charge in [0.05, 0.1) is 12.0 Å². The molecule has 2 heterocycles. The maximum absolute atomic E-state index is 12.5. The van der Waals surface area contributed by atoms with Gasteiger partial charge < -0.3 is 14.8 Å². The molecule has 1 aromatic heterocycles. The molecule has 132 valence electrons. The van der Waals surface area contributed by atoms with Crippen molar-refractivity contribution in [3.05, 3.63) is 42.0 Å². The molecule has 1 aromatic carbocycles. The molecule has 0 spiro atoms. The van der Waals surface area contributed by atoms with Gasteiger partial charge in [0.15, 0.2) is 0 Å². The summed E-state index contributed by atoms with van der Waals surface area (Å²) in [5, 5.41) is 3.09. The Morgan fingerprint density at radius 3 is 2.32 bits per heavy atom. The Labute approximate surface area is 149 Å². The lowest BCUT2D eigenvalue weighted by Crippen LogP contribution is -2.39. The number of benzene rings is 1. The van der Waals surface area contributed by atoms with Gasteiger partial charge in [-0.3, -0.25) is 4.79 Å². The van der Waals surface area contributed by atoms with Gasteiger partial charge in [-0.15, -0.1) is 0 Å². The third-order valence-corrected chi connectivity index (χ3v) is 5.63. The van der Waals surface area contributed by atoms with Crippen molar-refractivity contribution < 1.29 is 4.79 Å². The predicted molar refractivity (Wildman–Crippen MR) is 99.0 cm³/mol. The van der Waals surface area contributed by atoms with Crippen molar-refractivity contribution in [2.24, 2.45) is 5.92 Å². The maximum atomic E-state index is 12.5. The summed E-state index contributed by atoms with van der Waals surface area (Å²) in [4.78, 5) is 19.4. The molecule has 2 aliphatic rings. The van der Waals surface area contributed by atoms with E-state index in [9.17, 15) is 4.79 Å². The Hall–Kier alpha value is -2.14. The number of rotatable bonds is 4. The quantitative estimate of drug-likeness (QED) is 0.930. The first-order valence-electron chi connectivity index (χ1n) is 9.28. The minimum atomic E-state index is 0.146. The normalized spacial score (nSPS) is 19.1. The number of amides is 1. The molecule has 2 fully saturated rings. The van der Waals surface area contributed by atoms with Crippen molar-refractivity contribution in [3.63, 3.8) is 0 Å². The number of anilines is 1. The maximum Gasteiger partial charge on any atom is 0.227 e. The molecule has 0 atom stereocenters. The van der Waals surface area contributed by atoms with Crippen LogP contribution >= 0.6 is 0 Å². The van der Waals surface area contributed by atoms with Gasteiger partial charge >= 0.3 is 0 Å². The average molecular weight is 338 g/mol. The third kappa shape index (κ3) is 3.47. The summed E-state index contributed by atoms with van der Waals surface area (Å²) in [6, 6.07) is 8.81. The van der Waals surface area contributed by atoms with Crippen LogP contribution < -0.4 is 5.32 Å². The van der Waals surface area contributed by atoms with Crippen molar-refractivity contribution in [2.45, 2.75) is 45.6 Å². The van der Waals surface area contributed by atoms with Crippen molar-refractivity contribution >= 4 is 11.6 Å². The number of imidazole rings is 1. The first-order chi connectivity index (χ1) is 12.1. The molecule has 1 amide bonds. The van der Waals surface area contributed by atoms with Gasteiger partial charge in [0.2, 0.25) is 5.91 Å². The zero-order valence-electron chi connectivity index (χ0n) is 15.0. The molecule has 0 bridgehead atoms. The minimum Gasteiger partial charge on any atom is -0.326 e. The van der Waals surface area contributed by atoms with Crippen molar-refractivity contribution in [1.82, 2.24) is 14.5 Å². The van der Waals surface area contributed by atoms with Crippen LogP contribution in [0.5, 0.6) is 0 Å². The van der Waals surface area contributed by atoms with E-state index in [4.69, 9.17) is 0 Å². The Morgan fingerprint density at radius 1 is 1.08 bits per heavy atom. The number of likely N-dealkylation sites (tertiary alicyclic amines) is 1. The number of piperidine rings is 1. The Bertz CT molecular complexity index is 753. The molecule has 0 radical (unpaired) electrons. The van der Waals surface area contributed by atoms with Gasteiger partial charge in [-0.1, -0.05) is 0 Å². The van der Waals surface area contributed by atoms with Crippen LogP contribution in [0.1, 0.15) is 37.1 Å². The third-order valence-electron chi connectivity index (χ3n) is 5.63. The first-order valence-corrected chi connectivity index (χ1v) is 9.28. The highest BCUT2D eigenvalue weighted by Crippen LogP contribution is 2.31. The van der Waals surface area contributed by atoms with Crippen LogP contribution in [0.3, 0.4) is 0 Å². The summed E-state index contributed by atoms with van der Waals surface area (Å²) in [7, 11) is 0. The number of nitrogens with zero attached hydrogens (tertiary/aromatic N) is 3. The lowest BCUT2D eigenvalue weighted by atomic mass is 9.95. The summed E-state index contributed by atoms with van der Waals surface area (Å²) in [6.07, 6.45) is 6.49. The van der Waals surface area contributed by atoms with Crippen molar-refractivity contribution in [2.75, 3.05) is 18.4 Å². The molecule has 1 aliphatic carbocycles. The van der Waals surface area contributed by atoms with E-state index in [-0.39, 0.29) is 11.8 Å². The van der Waals surface area contributed by atoms with E-state index in [1.165, 1.54) is 12.8 Å². The lowest BCUT2D eigenvalue weighted by Gasteiger charge is -2.31. The Morgan fingerprint density at radius 2 is 1.76 bits per heavy atom. The molecule has 1 N–H and O–H groups in total. The molecule has 1 saturated carbocycles. The number of carbonyl (C=O) groups is 1. The van der Waals surface area contributed by atoms with E-state index in [2.05, 4.69) is 26.7 Å². The van der Waals surface area contributed by atoms with E-state index in [1.54, 1.807) is 0 Å². The summed E-state index contributed by atoms with van der Waals surface area (Å²) >= 11 is 0.